The minimum absolute atomic E-state index is 0.744. The molecule has 2 nitrogen and oxygen atoms in total. The Labute approximate surface area is 94.4 Å². The van der Waals surface area contributed by atoms with Crippen LogP contribution in [-0.4, -0.2) is 36.1 Å². The quantitative estimate of drug-likeness (QED) is 0.693. The van der Waals surface area contributed by atoms with Gasteiger partial charge in [-0.3, -0.25) is 4.90 Å². The third-order valence-corrected chi connectivity index (χ3v) is 4.03. The van der Waals surface area contributed by atoms with Gasteiger partial charge in [0.2, 0.25) is 0 Å². The van der Waals surface area contributed by atoms with Gasteiger partial charge in [-0.05, 0) is 51.6 Å². The highest BCUT2D eigenvalue weighted by Gasteiger charge is 2.33. The van der Waals surface area contributed by atoms with Crippen molar-refractivity contribution in [3.63, 3.8) is 0 Å². The molecular formula is C13H26N2. The van der Waals surface area contributed by atoms with Gasteiger partial charge in [-0.25, -0.2) is 0 Å². The molecule has 0 spiro atoms. The van der Waals surface area contributed by atoms with Crippen LogP contribution in [0.2, 0.25) is 0 Å². The Hall–Kier alpha value is -0.0800. The highest BCUT2D eigenvalue weighted by Crippen LogP contribution is 2.30. The Balaban J connectivity index is 1.73. The molecule has 0 radical (unpaired) electrons. The number of nitrogens with one attached hydrogen (secondary N) is 1. The first-order valence-corrected chi connectivity index (χ1v) is 6.71. The largest absolute Gasteiger partial charge is 0.314 e. The Bertz CT molecular complexity index is 197. The predicted molar refractivity (Wildman–Crippen MR) is 65.1 cm³/mol. The number of hydrogen-bond donors (Lipinski definition) is 1. The van der Waals surface area contributed by atoms with Crippen LogP contribution in [0.15, 0.2) is 0 Å². The predicted octanol–water partition coefficient (Wildman–Crippen LogP) is 2.25. The Morgan fingerprint density at radius 3 is 2.33 bits per heavy atom. The first kappa shape index (κ1) is 11.4. The van der Waals surface area contributed by atoms with Crippen molar-refractivity contribution in [2.45, 2.75) is 64.6 Å². The van der Waals surface area contributed by atoms with Crippen molar-refractivity contribution in [3.05, 3.63) is 0 Å². The SMILES string of the molecule is CCN(C1CC1)C(C)C(C)CNC1CC1. The standard InChI is InChI=1S/C13H26N2/c1-4-15(13-7-8-13)11(3)10(2)9-14-12-5-6-12/h10-14H,4-9H2,1-3H3. The van der Waals surface area contributed by atoms with Gasteiger partial charge in [-0.15, -0.1) is 0 Å². The van der Waals surface area contributed by atoms with Gasteiger partial charge >= 0.3 is 0 Å². The molecule has 0 aromatic rings. The molecule has 0 amide bonds. The molecule has 0 aromatic carbocycles. The summed E-state index contributed by atoms with van der Waals surface area (Å²) in [5.74, 6) is 0.783. The summed E-state index contributed by atoms with van der Waals surface area (Å²) in [5, 5.41) is 3.65. The van der Waals surface area contributed by atoms with E-state index in [0.29, 0.717) is 0 Å². The summed E-state index contributed by atoms with van der Waals surface area (Å²) in [7, 11) is 0. The van der Waals surface area contributed by atoms with Crippen LogP contribution in [0.4, 0.5) is 0 Å². The Kier molecular flexibility index (Phi) is 3.68. The third kappa shape index (κ3) is 3.18. The highest BCUT2D eigenvalue weighted by atomic mass is 15.2. The van der Waals surface area contributed by atoms with E-state index in [-0.39, 0.29) is 0 Å². The molecule has 88 valence electrons. The van der Waals surface area contributed by atoms with Crippen molar-refractivity contribution in [1.29, 1.82) is 0 Å². The first-order valence-electron chi connectivity index (χ1n) is 6.71. The summed E-state index contributed by atoms with van der Waals surface area (Å²) < 4.78 is 0. The molecule has 0 saturated heterocycles. The molecule has 2 heteroatoms. The van der Waals surface area contributed by atoms with Crippen LogP contribution in [0.5, 0.6) is 0 Å². The molecule has 2 aliphatic rings. The van der Waals surface area contributed by atoms with Gasteiger partial charge in [0, 0.05) is 18.1 Å². The lowest BCUT2D eigenvalue weighted by molar-refractivity contribution is 0.158. The molecule has 15 heavy (non-hydrogen) atoms. The molecule has 2 saturated carbocycles. The summed E-state index contributed by atoms with van der Waals surface area (Å²) in [4.78, 5) is 2.69. The second-order valence-corrected chi connectivity index (χ2v) is 5.46. The van der Waals surface area contributed by atoms with E-state index in [1.165, 1.54) is 38.8 Å². The van der Waals surface area contributed by atoms with E-state index in [0.717, 1.165) is 24.0 Å². The molecule has 0 heterocycles. The van der Waals surface area contributed by atoms with E-state index in [9.17, 15) is 0 Å². The fraction of sp³-hybridized carbons (Fsp3) is 1.00. The van der Waals surface area contributed by atoms with Gasteiger partial charge in [-0.1, -0.05) is 13.8 Å². The van der Waals surface area contributed by atoms with Crippen LogP contribution < -0.4 is 5.32 Å². The highest BCUT2D eigenvalue weighted by molar-refractivity contribution is 4.89. The van der Waals surface area contributed by atoms with Crippen molar-refractivity contribution >= 4 is 0 Å². The van der Waals surface area contributed by atoms with Crippen molar-refractivity contribution in [3.8, 4) is 0 Å². The maximum atomic E-state index is 3.65. The Morgan fingerprint density at radius 1 is 1.20 bits per heavy atom. The monoisotopic (exact) mass is 210 g/mol. The second-order valence-electron chi connectivity index (χ2n) is 5.46. The zero-order chi connectivity index (χ0) is 10.8. The maximum absolute atomic E-state index is 3.65. The molecule has 2 aliphatic carbocycles. The van der Waals surface area contributed by atoms with Gasteiger partial charge in [0.05, 0.1) is 0 Å². The smallest absolute Gasteiger partial charge is 0.0107 e. The lowest BCUT2D eigenvalue weighted by Crippen LogP contribution is -2.42. The topological polar surface area (TPSA) is 15.3 Å². The molecule has 2 atom stereocenters. The summed E-state index contributed by atoms with van der Waals surface area (Å²) in [5.41, 5.74) is 0. The van der Waals surface area contributed by atoms with Crippen molar-refractivity contribution in [2.24, 2.45) is 5.92 Å². The van der Waals surface area contributed by atoms with E-state index in [1.54, 1.807) is 0 Å². The zero-order valence-electron chi connectivity index (χ0n) is 10.5. The van der Waals surface area contributed by atoms with Crippen LogP contribution in [-0.2, 0) is 0 Å². The maximum Gasteiger partial charge on any atom is 0.0107 e. The number of rotatable bonds is 7. The zero-order valence-corrected chi connectivity index (χ0v) is 10.5. The average Bonchev–Trinajstić information content (AvgIpc) is 3.07. The first-order chi connectivity index (χ1) is 7.22. The van der Waals surface area contributed by atoms with Gasteiger partial charge < -0.3 is 5.32 Å². The lowest BCUT2D eigenvalue weighted by atomic mass is 10.0. The Morgan fingerprint density at radius 2 is 1.87 bits per heavy atom. The van der Waals surface area contributed by atoms with Crippen LogP contribution in [0, 0.1) is 5.92 Å². The van der Waals surface area contributed by atoms with Crippen LogP contribution in [0.1, 0.15) is 46.5 Å². The fourth-order valence-corrected chi connectivity index (χ4v) is 2.42. The molecule has 0 aromatic heterocycles. The second kappa shape index (κ2) is 4.84. The van der Waals surface area contributed by atoms with Crippen molar-refractivity contribution in [1.82, 2.24) is 10.2 Å². The lowest BCUT2D eigenvalue weighted by Gasteiger charge is -2.32. The number of nitrogens with zero attached hydrogens (tertiary/aromatic N) is 1. The van der Waals surface area contributed by atoms with Crippen molar-refractivity contribution < 1.29 is 0 Å². The molecule has 2 unspecified atom stereocenters. The number of hydrogen-bond acceptors (Lipinski definition) is 2. The molecule has 0 bridgehead atoms. The molecule has 0 aliphatic heterocycles. The minimum atomic E-state index is 0.744. The van der Waals surface area contributed by atoms with Crippen LogP contribution in [0.3, 0.4) is 0 Å². The summed E-state index contributed by atoms with van der Waals surface area (Å²) in [6, 6.07) is 2.51. The van der Waals surface area contributed by atoms with Crippen LogP contribution in [0.25, 0.3) is 0 Å². The molecule has 2 rings (SSSR count). The van der Waals surface area contributed by atoms with Gasteiger partial charge in [0.1, 0.15) is 0 Å². The van der Waals surface area contributed by atoms with E-state index in [1.807, 2.05) is 0 Å². The summed E-state index contributed by atoms with van der Waals surface area (Å²) >= 11 is 0. The average molecular weight is 210 g/mol. The summed E-state index contributed by atoms with van der Waals surface area (Å²) in [6.45, 7) is 9.52. The molecule has 2 fully saturated rings. The van der Waals surface area contributed by atoms with Gasteiger partial charge in [0.15, 0.2) is 0 Å². The van der Waals surface area contributed by atoms with E-state index in [4.69, 9.17) is 0 Å². The van der Waals surface area contributed by atoms with E-state index >= 15 is 0 Å². The van der Waals surface area contributed by atoms with Gasteiger partial charge in [0.25, 0.3) is 0 Å². The van der Waals surface area contributed by atoms with E-state index in [2.05, 4.69) is 31.0 Å². The third-order valence-electron chi connectivity index (χ3n) is 4.03. The van der Waals surface area contributed by atoms with Gasteiger partial charge in [-0.2, -0.15) is 0 Å². The molecular weight excluding hydrogens is 184 g/mol. The molecule has 1 N–H and O–H groups in total. The normalized spacial score (nSPS) is 25.6. The fourth-order valence-electron chi connectivity index (χ4n) is 2.42. The summed E-state index contributed by atoms with van der Waals surface area (Å²) in [6.07, 6.45) is 5.67. The van der Waals surface area contributed by atoms with Crippen LogP contribution >= 0.6 is 0 Å². The minimum Gasteiger partial charge on any atom is -0.314 e. The van der Waals surface area contributed by atoms with Crippen molar-refractivity contribution in [2.75, 3.05) is 13.1 Å². The van der Waals surface area contributed by atoms with E-state index < -0.39 is 0 Å².